The van der Waals surface area contributed by atoms with Crippen molar-refractivity contribution in [3.05, 3.63) is 119 Å². The summed E-state index contributed by atoms with van der Waals surface area (Å²) in [6.45, 7) is 2.00. The standard InChI is InChI=1S/C33H35O5P/c1-24-8-5-11-29(20-24)39(30-12-6-9-25(2)21-30,31-13-7-10-26(3)22-31,38-33(36)19-18-32(34)35)23-27-14-16-28(37-4)17-15-27/h5-17,20-22H,18-19,23H2,1-4H3,(H,34,35). The quantitative estimate of drug-likeness (QED) is 0.250. The first-order chi connectivity index (χ1) is 18.7. The van der Waals surface area contributed by atoms with Crippen molar-refractivity contribution in [3.63, 3.8) is 0 Å². The fourth-order valence-corrected chi connectivity index (χ4v) is 11.1. The molecule has 0 aliphatic heterocycles. The first-order valence-electron chi connectivity index (χ1n) is 13.0. The first kappa shape index (κ1) is 28.1. The summed E-state index contributed by atoms with van der Waals surface area (Å²) in [4.78, 5) is 25.2. The van der Waals surface area contributed by atoms with E-state index in [-0.39, 0.29) is 12.8 Å². The molecule has 0 atom stereocenters. The summed E-state index contributed by atoms with van der Waals surface area (Å²) in [6, 6.07) is 32.4. The van der Waals surface area contributed by atoms with Crippen molar-refractivity contribution in [2.75, 3.05) is 7.11 Å². The molecule has 0 saturated heterocycles. The van der Waals surface area contributed by atoms with E-state index in [9.17, 15) is 14.7 Å². The molecular weight excluding hydrogens is 507 g/mol. The zero-order valence-electron chi connectivity index (χ0n) is 22.9. The van der Waals surface area contributed by atoms with Crippen molar-refractivity contribution in [2.45, 2.75) is 39.8 Å². The van der Waals surface area contributed by atoms with E-state index in [1.807, 2.05) is 99.6 Å². The summed E-state index contributed by atoms with van der Waals surface area (Å²) >= 11 is 0. The van der Waals surface area contributed by atoms with Crippen molar-refractivity contribution >= 4 is 34.7 Å². The van der Waals surface area contributed by atoms with Gasteiger partial charge < -0.3 is 0 Å². The van der Waals surface area contributed by atoms with Gasteiger partial charge in [0.25, 0.3) is 0 Å². The van der Waals surface area contributed by atoms with Crippen LogP contribution in [0.5, 0.6) is 5.75 Å². The summed E-state index contributed by atoms with van der Waals surface area (Å²) in [7, 11) is 1.63. The second kappa shape index (κ2) is 11.4. The molecule has 5 nitrogen and oxygen atoms in total. The molecule has 202 valence electrons. The van der Waals surface area contributed by atoms with Crippen LogP contribution < -0.4 is 20.7 Å². The molecule has 0 radical (unpaired) electrons. The van der Waals surface area contributed by atoms with E-state index < -0.39 is 18.8 Å². The molecule has 0 fully saturated rings. The van der Waals surface area contributed by atoms with Crippen molar-refractivity contribution in [1.82, 2.24) is 0 Å². The van der Waals surface area contributed by atoms with Crippen LogP contribution in [0.2, 0.25) is 0 Å². The van der Waals surface area contributed by atoms with E-state index in [1.54, 1.807) is 7.11 Å². The molecule has 0 heterocycles. The van der Waals surface area contributed by atoms with E-state index in [2.05, 4.69) is 18.2 Å². The Hall–Kier alpha value is -3.95. The number of aliphatic carboxylic acids is 1. The Kier molecular flexibility index (Phi) is 8.22. The van der Waals surface area contributed by atoms with Crippen LogP contribution in [0.1, 0.15) is 35.1 Å². The molecule has 6 heteroatoms. The number of hydrogen-bond donors (Lipinski definition) is 1. The van der Waals surface area contributed by atoms with Crippen LogP contribution in [0, 0.1) is 20.8 Å². The molecule has 0 saturated carbocycles. The Morgan fingerprint density at radius 2 is 1.15 bits per heavy atom. The fraction of sp³-hybridized carbons (Fsp3) is 0.212. The van der Waals surface area contributed by atoms with Gasteiger partial charge in [0, 0.05) is 0 Å². The normalized spacial score (nSPS) is 12.3. The van der Waals surface area contributed by atoms with E-state index in [0.717, 1.165) is 43.9 Å². The Balaban J connectivity index is 2.17. The summed E-state index contributed by atoms with van der Waals surface area (Å²) < 4.78 is 12.4. The number of carbonyl (C=O) groups is 2. The van der Waals surface area contributed by atoms with Crippen LogP contribution in [0.4, 0.5) is 0 Å². The molecule has 0 aliphatic carbocycles. The number of aryl methyl sites for hydroxylation is 3. The van der Waals surface area contributed by atoms with Crippen molar-refractivity contribution < 1.29 is 24.0 Å². The molecule has 4 rings (SSSR count). The Morgan fingerprint density at radius 1 is 0.692 bits per heavy atom. The van der Waals surface area contributed by atoms with Gasteiger partial charge in [-0.15, -0.1) is 0 Å². The van der Waals surface area contributed by atoms with Crippen molar-refractivity contribution in [1.29, 1.82) is 0 Å². The third kappa shape index (κ3) is 5.60. The Labute approximate surface area is 230 Å². The van der Waals surface area contributed by atoms with E-state index in [0.29, 0.717) is 6.16 Å². The Bertz CT molecular complexity index is 1380. The Morgan fingerprint density at radius 3 is 1.54 bits per heavy atom. The SMILES string of the molecule is COc1ccc(CP(OC(=O)CCC(=O)O)(c2cccc(C)c2)(c2cccc(C)c2)c2cccc(C)c2)cc1. The van der Waals surface area contributed by atoms with Crippen molar-refractivity contribution in [3.8, 4) is 5.75 Å². The van der Waals surface area contributed by atoms with E-state index in [4.69, 9.17) is 9.26 Å². The molecule has 39 heavy (non-hydrogen) atoms. The molecule has 0 amide bonds. The predicted molar refractivity (Wildman–Crippen MR) is 159 cm³/mol. The van der Waals surface area contributed by atoms with Crippen LogP contribution in [0.3, 0.4) is 0 Å². The zero-order valence-corrected chi connectivity index (χ0v) is 23.8. The van der Waals surface area contributed by atoms with E-state index >= 15 is 0 Å². The number of carbonyl (C=O) groups excluding carboxylic acids is 1. The average molecular weight is 543 g/mol. The molecular formula is C33H35O5P. The van der Waals surface area contributed by atoms with Gasteiger partial charge in [0.15, 0.2) is 0 Å². The van der Waals surface area contributed by atoms with E-state index in [1.165, 1.54) is 0 Å². The summed E-state index contributed by atoms with van der Waals surface area (Å²) in [5, 5.41) is 12.1. The van der Waals surface area contributed by atoms with Gasteiger partial charge in [-0.3, -0.25) is 0 Å². The third-order valence-corrected chi connectivity index (χ3v) is 12.8. The second-order valence-electron chi connectivity index (χ2n) is 10.1. The molecule has 0 aromatic heterocycles. The van der Waals surface area contributed by atoms with Gasteiger partial charge in [0.05, 0.1) is 0 Å². The average Bonchev–Trinajstić information content (AvgIpc) is 2.92. The molecule has 4 aromatic rings. The van der Waals surface area contributed by atoms with Crippen LogP contribution in [-0.4, -0.2) is 24.2 Å². The monoisotopic (exact) mass is 542 g/mol. The van der Waals surface area contributed by atoms with Crippen LogP contribution in [0.15, 0.2) is 97.1 Å². The number of methoxy groups -OCH3 is 1. The van der Waals surface area contributed by atoms with Gasteiger partial charge in [-0.25, -0.2) is 0 Å². The van der Waals surface area contributed by atoms with Gasteiger partial charge in [-0.2, -0.15) is 0 Å². The van der Waals surface area contributed by atoms with Gasteiger partial charge in [0.1, 0.15) is 0 Å². The van der Waals surface area contributed by atoms with Crippen molar-refractivity contribution in [2.24, 2.45) is 0 Å². The van der Waals surface area contributed by atoms with Gasteiger partial charge in [-0.1, -0.05) is 0 Å². The molecule has 0 aliphatic rings. The zero-order chi connectivity index (χ0) is 28.1. The third-order valence-electron chi connectivity index (χ3n) is 7.13. The molecule has 0 bridgehead atoms. The number of rotatable bonds is 10. The summed E-state index contributed by atoms with van der Waals surface area (Å²) in [6.07, 6.45) is -0.118. The second-order valence-corrected chi connectivity index (χ2v) is 14.6. The first-order valence-corrected chi connectivity index (χ1v) is 15.3. The number of ether oxygens (including phenoxy) is 1. The molecule has 4 aromatic carbocycles. The summed E-state index contributed by atoms with van der Waals surface area (Å²) in [5.74, 6) is -0.837. The van der Waals surface area contributed by atoms with Gasteiger partial charge in [0.2, 0.25) is 0 Å². The predicted octanol–water partition coefficient (Wildman–Crippen LogP) is 5.97. The fourth-order valence-electron chi connectivity index (χ4n) is 5.24. The van der Waals surface area contributed by atoms with Crippen LogP contribution in [0.25, 0.3) is 0 Å². The van der Waals surface area contributed by atoms with Gasteiger partial charge in [-0.05, 0) is 0 Å². The molecule has 0 spiro atoms. The minimum atomic E-state index is -4.09. The van der Waals surface area contributed by atoms with Crippen LogP contribution >= 0.6 is 6.83 Å². The maximum atomic E-state index is 13.8. The van der Waals surface area contributed by atoms with Gasteiger partial charge >= 0.3 is 231 Å². The molecule has 0 unspecified atom stereocenters. The maximum absolute atomic E-state index is 13.8. The number of carboxylic acids is 1. The number of benzene rings is 4. The number of hydrogen-bond acceptors (Lipinski definition) is 4. The van der Waals surface area contributed by atoms with Crippen LogP contribution in [-0.2, 0) is 20.3 Å². The topological polar surface area (TPSA) is 72.8 Å². The minimum absolute atomic E-state index is 0.223. The molecule has 1 N–H and O–H groups in total. The number of carboxylic acid groups (broad SMARTS) is 1. The summed E-state index contributed by atoms with van der Waals surface area (Å²) in [5.41, 5.74) is 4.10.